The molecule has 0 bridgehead atoms. The maximum atomic E-state index is 2.63. The first-order valence-corrected chi connectivity index (χ1v) is 27.9. The summed E-state index contributed by atoms with van der Waals surface area (Å²) in [6.07, 6.45) is 3.23. The molecule has 0 saturated heterocycles. The molecule has 2 aromatic heterocycles. The third-order valence-corrected chi connectivity index (χ3v) is 20.0. The molecule has 2 aliphatic rings. The molecule has 0 N–H and O–H groups in total. The van der Waals surface area contributed by atoms with Gasteiger partial charge in [-0.15, -0.1) is 22.7 Å². The van der Waals surface area contributed by atoms with Crippen LogP contribution in [0.25, 0.3) is 63.6 Å². The van der Waals surface area contributed by atoms with Crippen LogP contribution >= 0.6 is 22.7 Å². The highest BCUT2D eigenvalue weighted by molar-refractivity contribution is 7.40. The third kappa shape index (κ3) is 6.66. The molecule has 354 valence electrons. The zero-order valence-electron chi connectivity index (χ0n) is 43.1. The second-order valence-corrected chi connectivity index (χ2v) is 24.7. The molecule has 72 heavy (non-hydrogen) atoms. The highest BCUT2D eigenvalue weighted by Crippen LogP contribution is 2.52. The van der Waals surface area contributed by atoms with Crippen molar-refractivity contribution in [1.29, 1.82) is 0 Å². The van der Waals surface area contributed by atoms with Crippen LogP contribution in [0.2, 0.25) is 0 Å². The van der Waals surface area contributed by atoms with Crippen molar-refractivity contribution in [1.82, 2.24) is 0 Å². The first-order chi connectivity index (χ1) is 34.8. The largest absolute Gasteiger partial charge is 0.310 e. The van der Waals surface area contributed by atoms with E-state index in [2.05, 4.69) is 242 Å². The quantitative estimate of drug-likeness (QED) is 0.105. The smallest absolute Gasteiger partial charge is 0.277 e. The van der Waals surface area contributed by atoms with E-state index in [1.165, 1.54) is 129 Å². The van der Waals surface area contributed by atoms with Crippen LogP contribution in [0.5, 0.6) is 0 Å². The van der Waals surface area contributed by atoms with Gasteiger partial charge in [0.05, 0.1) is 11.4 Å². The fraction of sp³-hybridized carbons (Fsp3) is 0.224. The number of fused-ring (bicyclic) bond motifs is 14. The van der Waals surface area contributed by atoms with Gasteiger partial charge in [0.15, 0.2) is 0 Å². The summed E-state index contributed by atoms with van der Waals surface area (Å²) < 4.78 is 5.55. The van der Waals surface area contributed by atoms with Crippen molar-refractivity contribution in [2.45, 2.75) is 97.8 Å². The minimum atomic E-state index is 0.0407. The molecule has 0 radical (unpaired) electrons. The molecule has 0 saturated carbocycles. The summed E-state index contributed by atoms with van der Waals surface area (Å²) in [5.41, 5.74) is 15.8. The van der Waals surface area contributed by atoms with Crippen molar-refractivity contribution >= 4 is 131 Å². The molecule has 2 nitrogen and oxygen atoms in total. The monoisotopic (exact) mass is 968 g/mol. The predicted molar refractivity (Wildman–Crippen MR) is 319 cm³/mol. The first kappa shape index (κ1) is 45.2. The lowest BCUT2D eigenvalue weighted by Gasteiger charge is -2.42. The Labute approximate surface area is 433 Å². The molecule has 2 aliphatic heterocycles. The molecular formula is C67H61BN2S2. The maximum Gasteiger partial charge on any atom is 0.277 e. The van der Waals surface area contributed by atoms with Gasteiger partial charge in [0.2, 0.25) is 0 Å². The fourth-order valence-electron chi connectivity index (χ4n) is 11.9. The van der Waals surface area contributed by atoms with Gasteiger partial charge in [-0.3, -0.25) is 0 Å². The van der Waals surface area contributed by atoms with Crippen LogP contribution in [0.15, 0.2) is 170 Å². The van der Waals surface area contributed by atoms with Gasteiger partial charge in [0.1, 0.15) is 0 Å². The molecule has 0 aliphatic carbocycles. The Morgan fingerprint density at radius 2 is 0.806 bits per heavy atom. The van der Waals surface area contributed by atoms with Crippen LogP contribution in [-0.2, 0) is 16.2 Å². The van der Waals surface area contributed by atoms with Crippen molar-refractivity contribution in [3.05, 3.63) is 187 Å². The summed E-state index contributed by atoms with van der Waals surface area (Å²) in [6.45, 7) is 21.3. The van der Waals surface area contributed by atoms with Crippen LogP contribution in [0, 0.1) is 0 Å². The van der Waals surface area contributed by atoms with Crippen molar-refractivity contribution < 1.29 is 0 Å². The SMILES string of the molecule is CCC(C)(C)c1ccc(N2c3cccc4c3B(c3sc5ccc(C(C)(C)CC)cc5c3N4c3ccc(-c4cccc5c6ccccc6c6ccccc6c45)cc3)c3sc4ccc(C(C)(C)CC)cc4c32)cc1. The molecule has 13 rings (SSSR count). The Kier molecular flexibility index (Phi) is 10.3. The first-order valence-electron chi connectivity index (χ1n) is 26.2. The van der Waals surface area contributed by atoms with Crippen LogP contribution in [0.4, 0.5) is 34.1 Å². The fourth-order valence-corrected chi connectivity index (χ4v) is 14.6. The second kappa shape index (κ2) is 16.4. The lowest BCUT2D eigenvalue weighted by Crippen LogP contribution is -2.59. The number of thiophene rings is 2. The summed E-state index contributed by atoms with van der Waals surface area (Å²) in [5.74, 6) is 0. The number of nitrogens with zero attached hydrogens (tertiary/aromatic N) is 2. The van der Waals surface area contributed by atoms with Crippen molar-refractivity contribution in [3.8, 4) is 11.1 Å². The van der Waals surface area contributed by atoms with E-state index in [1.54, 1.807) is 0 Å². The van der Waals surface area contributed by atoms with E-state index < -0.39 is 0 Å². The zero-order valence-corrected chi connectivity index (χ0v) is 44.7. The molecule has 4 heterocycles. The van der Waals surface area contributed by atoms with Crippen LogP contribution in [0.3, 0.4) is 0 Å². The van der Waals surface area contributed by atoms with Crippen LogP contribution < -0.4 is 24.8 Å². The Hall–Kier alpha value is -6.66. The standard InChI is InChI=1S/C67H61BN2S2/c1-10-65(4,5)42-29-35-46(36-30-42)70-56-26-18-25-55-60(56)68(64-62(70)54-40-44(67(8,9)12-3)32-38-58(54)72-64)63-61(53-39-43(66(6,7)11-2)31-37-57(53)71-63)69(55)45-33-27-41(28-34-45)47-23-17-24-52-50-20-14-13-19-48(50)49-21-15-16-22-51(49)59(47)52/h13-40H,10-12H2,1-9H3. The van der Waals surface area contributed by atoms with Crippen LogP contribution in [-0.4, -0.2) is 6.71 Å². The van der Waals surface area contributed by atoms with Gasteiger partial charge in [-0.1, -0.05) is 172 Å². The highest BCUT2D eigenvalue weighted by atomic mass is 32.1. The maximum absolute atomic E-state index is 2.63. The average Bonchev–Trinajstić information content (AvgIpc) is 3.99. The molecule has 11 aromatic rings. The molecule has 0 spiro atoms. The zero-order chi connectivity index (χ0) is 49.4. The number of rotatable bonds is 9. The Morgan fingerprint density at radius 3 is 1.29 bits per heavy atom. The summed E-state index contributed by atoms with van der Waals surface area (Å²) in [6, 6.07) is 65.6. The van der Waals surface area contributed by atoms with E-state index >= 15 is 0 Å². The average molecular weight is 969 g/mol. The normalized spacial score (nSPS) is 13.7. The topological polar surface area (TPSA) is 6.48 Å². The molecule has 9 aromatic carbocycles. The minimum Gasteiger partial charge on any atom is -0.310 e. The Morgan fingerprint density at radius 1 is 0.403 bits per heavy atom. The summed E-state index contributed by atoms with van der Waals surface area (Å²) in [7, 11) is 0. The minimum absolute atomic E-state index is 0.0407. The molecule has 0 fully saturated rings. The Balaban J connectivity index is 1.06. The third-order valence-electron chi connectivity index (χ3n) is 17.5. The van der Waals surface area contributed by atoms with Gasteiger partial charge in [-0.25, -0.2) is 0 Å². The number of benzene rings is 9. The lowest BCUT2D eigenvalue weighted by atomic mass is 9.39. The van der Waals surface area contributed by atoms with E-state index in [1.807, 2.05) is 22.7 Å². The van der Waals surface area contributed by atoms with E-state index in [0.29, 0.717) is 0 Å². The highest BCUT2D eigenvalue weighted by Gasteiger charge is 2.47. The molecule has 0 unspecified atom stereocenters. The van der Waals surface area contributed by atoms with Gasteiger partial charge < -0.3 is 9.80 Å². The second-order valence-electron chi connectivity index (χ2n) is 22.5. The van der Waals surface area contributed by atoms with Crippen molar-refractivity contribution in [3.63, 3.8) is 0 Å². The van der Waals surface area contributed by atoms with Gasteiger partial charge in [0, 0.05) is 52.5 Å². The number of anilines is 6. The summed E-state index contributed by atoms with van der Waals surface area (Å²) >= 11 is 4.01. The van der Waals surface area contributed by atoms with Crippen molar-refractivity contribution in [2.75, 3.05) is 9.80 Å². The molecule has 5 heteroatoms. The molecule has 0 amide bonds. The number of hydrogen-bond acceptors (Lipinski definition) is 4. The number of hydrogen-bond donors (Lipinski definition) is 0. The summed E-state index contributed by atoms with van der Waals surface area (Å²) in [5, 5.41) is 10.5. The predicted octanol–water partition coefficient (Wildman–Crippen LogP) is 18.4. The van der Waals surface area contributed by atoms with E-state index in [0.717, 1.165) is 19.3 Å². The lowest BCUT2D eigenvalue weighted by molar-refractivity contribution is 0.506. The van der Waals surface area contributed by atoms with E-state index in [4.69, 9.17) is 0 Å². The Bertz CT molecular complexity index is 3940. The van der Waals surface area contributed by atoms with Gasteiger partial charge in [-0.05, 0) is 162 Å². The molecular weight excluding hydrogens is 908 g/mol. The van der Waals surface area contributed by atoms with Gasteiger partial charge in [-0.2, -0.15) is 0 Å². The van der Waals surface area contributed by atoms with Crippen LogP contribution in [0.1, 0.15) is 98.3 Å². The molecule has 0 atom stereocenters. The van der Waals surface area contributed by atoms with E-state index in [9.17, 15) is 0 Å². The van der Waals surface area contributed by atoms with Crippen molar-refractivity contribution in [2.24, 2.45) is 0 Å². The summed E-state index contributed by atoms with van der Waals surface area (Å²) in [4.78, 5) is 5.26. The van der Waals surface area contributed by atoms with Gasteiger partial charge >= 0.3 is 0 Å². The van der Waals surface area contributed by atoms with Gasteiger partial charge in [0.25, 0.3) is 6.71 Å². The van der Waals surface area contributed by atoms with E-state index in [-0.39, 0.29) is 23.0 Å².